The number of halogens is 1. The molecule has 0 unspecified atom stereocenters. The molecule has 0 aromatic carbocycles. The van der Waals surface area contributed by atoms with Gasteiger partial charge in [0.15, 0.2) is 11.5 Å². The van der Waals surface area contributed by atoms with Gasteiger partial charge < -0.3 is 15.2 Å². The van der Waals surface area contributed by atoms with E-state index in [1.807, 2.05) is 0 Å². The maximum Gasteiger partial charge on any atom is 0.228 e. The first kappa shape index (κ1) is 22.7. The SMILES string of the molecule is CC(C)(C)O.COc1ncnc2c1c(F)cn2SN1CC[N-]CC1.[Y]. The number of aliphatic hydroxyl groups is 1. The van der Waals surface area contributed by atoms with Crippen molar-refractivity contribution in [2.24, 2.45) is 0 Å². The third-order valence-electron chi connectivity index (χ3n) is 2.88. The number of fused-ring (bicyclic) bond motifs is 1. The number of piperazine rings is 1. The molecule has 0 spiro atoms. The zero-order chi connectivity index (χ0) is 17.7. The maximum absolute atomic E-state index is 14.0. The van der Waals surface area contributed by atoms with E-state index < -0.39 is 5.60 Å². The molecule has 1 aliphatic heterocycles. The Bertz CT molecular complexity index is 668. The molecule has 1 saturated heterocycles. The smallest absolute Gasteiger partial charge is 0.228 e. The molecule has 1 fully saturated rings. The van der Waals surface area contributed by atoms with Gasteiger partial charge in [-0.1, -0.05) is 0 Å². The van der Waals surface area contributed by atoms with E-state index in [1.54, 1.807) is 24.7 Å². The van der Waals surface area contributed by atoms with Gasteiger partial charge in [0, 0.05) is 44.8 Å². The zero-order valence-electron chi connectivity index (χ0n) is 14.9. The van der Waals surface area contributed by atoms with Crippen molar-refractivity contribution in [3.8, 4) is 5.88 Å². The summed E-state index contributed by atoms with van der Waals surface area (Å²) in [6, 6.07) is 0. The van der Waals surface area contributed by atoms with Gasteiger partial charge in [0.25, 0.3) is 0 Å². The first-order valence-electron chi connectivity index (χ1n) is 7.64. The second-order valence-corrected chi connectivity index (χ2v) is 7.31. The molecule has 3 rings (SSSR count). The minimum Gasteiger partial charge on any atom is -0.660 e. The molecule has 25 heavy (non-hydrogen) atoms. The van der Waals surface area contributed by atoms with Crippen LogP contribution in [0, 0.1) is 5.82 Å². The van der Waals surface area contributed by atoms with Crippen LogP contribution in [0.1, 0.15) is 20.8 Å². The second-order valence-electron chi connectivity index (χ2n) is 6.24. The number of nitrogens with zero attached hydrogens (tertiary/aromatic N) is 5. The molecule has 2 aromatic heterocycles. The molecule has 0 saturated carbocycles. The molecule has 0 aliphatic carbocycles. The summed E-state index contributed by atoms with van der Waals surface area (Å²) in [5, 5.41) is 13.1. The third-order valence-corrected chi connectivity index (χ3v) is 3.93. The van der Waals surface area contributed by atoms with E-state index in [2.05, 4.69) is 19.6 Å². The van der Waals surface area contributed by atoms with Gasteiger partial charge in [-0.3, -0.25) is 3.97 Å². The minimum atomic E-state index is -0.500. The van der Waals surface area contributed by atoms with Crippen molar-refractivity contribution >= 4 is 23.2 Å². The standard InChI is InChI=1S/C11H13FN5OS.C4H10O.Y/c1-18-11-9-8(12)6-17(10(9)14-7-15-11)19-16-4-2-13-3-5-16;1-4(2,3)5;/h6-7H,2-5H2,1H3;5H,1-3H3;/q-1;;. The Hall–Kier alpha value is -0.316. The van der Waals surface area contributed by atoms with Crippen LogP contribution in [-0.4, -0.2) is 62.2 Å². The van der Waals surface area contributed by atoms with E-state index >= 15 is 0 Å². The van der Waals surface area contributed by atoms with Crippen LogP contribution in [0.4, 0.5) is 4.39 Å². The van der Waals surface area contributed by atoms with Crippen molar-refractivity contribution in [3.63, 3.8) is 0 Å². The van der Waals surface area contributed by atoms with Crippen molar-refractivity contribution in [2.45, 2.75) is 26.4 Å². The van der Waals surface area contributed by atoms with Crippen LogP contribution < -0.4 is 4.74 Å². The van der Waals surface area contributed by atoms with Crippen LogP contribution in [0.25, 0.3) is 16.4 Å². The average Bonchev–Trinajstić information content (AvgIpc) is 2.83. The first-order valence-corrected chi connectivity index (χ1v) is 8.37. The Balaban J connectivity index is 0.000000462. The van der Waals surface area contributed by atoms with E-state index in [9.17, 15) is 4.39 Å². The van der Waals surface area contributed by atoms with Crippen LogP contribution >= 0.6 is 12.1 Å². The molecule has 1 radical (unpaired) electrons. The number of rotatable bonds is 3. The molecule has 1 N–H and O–H groups in total. The van der Waals surface area contributed by atoms with Gasteiger partial charge in [0.05, 0.1) is 18.9 Å². The summed E-state index contributed by atoms with van der Waals surface area (Å²) in [6.45, 7) is 8.56. The number of hydrogen-bond acceptors (Lipinski definition) is 6. The summed E-state index contributed by atoms with van der Waals surface area (Å²) in [7, 11) is 1.47. The largest absolute Gasteiger partial charge is 0.660 e. The third kappa shape index (κ3) is 7.07. The van der Waals surface area contributed by atoms with Crippen molar-refractivity contribution in [1.82, 2.24) is 18.2 Å². The zero-order valence-corrected chi connectivity index (χ0v) is 18.6. The second kappa shape index (κ2) is 10.1. The summed E-state index contributed by atoms with van der Waals surface area (Å²) in [5.74, 6) is -0.114. The number of ether oxygens (including phenoxy) is 1. The van der Waals surface area contributed by atoms with Crippen LogP contribution in [-0.2, 0) is 32.7 Å². The van der Waals surface area contributed by atoms with Gasteiger partial charge in [0.2, 0.25) is 5.88 Å². The molecule has 7 nitrogen and oxygen atoms in total. The summed E-state index contributed by atoms with van der Waals surface area (Å²) in [4.78, 5) is 8.06. The quantitative estimate of drug-likeness (QED) is 0.732. The van der Waals surface area contributed by atoms with E-state index in [0.717, 1.165) is 26.2 Å². The molecular weight excluding hydrogens is 422 g/mol. The first-order chi connectivity index (χ1) is 11.3. The fourth-order valence-electron chi connectivity index (χ4n) is 1.98. The molecule has 1 aliphatic rings. The van der Waals surface area contributed by atoms with Gasteiger partial charge >= 0.3 is 0 Å². The van der Waals surface area contributed by atoms with E-state index in [1.165, 1.54) is 31.8 Å². The monoisotopic (exact) mass is 445 g/mol. The van der Waals surface area contributed by atoms with Crippen LogP contribution in [0.3, 0.4) is 0 Å². The Morgan fingerprint density at radius 3 is 2.44 bits per heavy atom. The molecular formula is C15H23FN5O2SY-. The van der Waals surface area contributed by atoms with Crippen LogP contribution in [0.15, 0.2) is 12.5 Å². The fourth-order valence-corrected chi connectivity index (χ4v) is 2.91. The molecule has 0 amide bonds. The molecule has 0 bridgehead atoms. The van der Waals surface area contributed by atoms with Gasteiger partial charge in [-0.15, -0.1) is 13.1 Å². The van der Waals surface area contributed by atoms with Gasteiger partial charge in [0.1, 0.15) is 11.7 Å². The average molecular weight is 445 g/mol. The van der Waals surface area contributed by atoms with E-state index in [0.29, 0.717) is 11.0 Å². The molecule has 137 valence electrons. The van der Waals surface area contributed by atoms with Gasteiger partial charge in [-0.2, -0.15) is 0 Å². The molecule has 10 heteroatoms. The number of hydrogen-bond donors (Lipinski definition) is 1. The Kier molecular flexibility index (Phi) is 9.21. The summed E-state index contributed by atoms with van der Waals surface area (Å²) >= 11 is 1.44. The molecule has 2 aromatic rings. The summed E-state index contributed by atoms with van der Waals surface area (Å²) < 4.78 is 22.9. The van der Waals surface area contributed by atoms with Crippen LogP contribution in [0.5, 0.6) is 5.88 Å². The Labute approximate surface area is 176 Å². The van der Waals surface area contributed by atoms with Crippen molar-refractivity contribution < 1.29 is 46.9 Å². The van der Waals surface area contributed by atoms with Crippen LogP contribution in [0.2, 0.25) is 0 Å². The molecule has 3 heterocycles. The van der Waals surface area contributed by atoms with E-state index in [4.69, 9.17) is 9.84 Å². The van der Waals surface area contributed by atoms with Gasteiger partial charge in [-0.25, -0.2) is 18.7 Å². The summed E-state index contributed by atoms with van der Waals surface area (Å²) in [6.07, 6.45) is 2.79. The van der Waals surface area contributed by atoms with Crippen molar-refractivity contribution in [1.29, 1.82) is 0 Å². The predicted molar refractivity (Wildman–Crippen MR) is 93.7 cm³/mol. The summed E-state index contributed by atoms with van der Waals surface area (Å²) in [5.41, 5.74) is 0.0249. The van der Waals surface area contributed by atoms with Crippen molar-refractivity contribution in [3.05, 3.63) is 23.7 Å². The topological polar surface area (TPSA) is 77.5 Å². The van der Waals surface area contributed by atoms with Gasteiger partial charge in [-0.05, 0) is 33.9 Å². The Morgan fingerprint density at radius 1 is 1.28 bits per heavy atom. The fraction of sp³-hybridized carbons (Fsp3) is 0.600. The number of aromatic nitrogens is 3. The number of methoxy groups -OCH3 is 1. The maximum atomic E-state index is 14.0. The normalized spacial score (nSPS) is 15.3. The minimum absolute atomic E-state index is 0. The van der Waals surface area contributed by atoms with E-state index in [-0.39, 0.29) is 44.4 Å². The predicted octanol–water partition coefficient (Wildman–Crippen LogP) is 2.45. The molecule has 0 atom stereocenters. The van der Waals surface area contributed by atoms with Crippen molar-refractivity contribution in [2.75, 3.05) is 33.3 Å². The Morgan fingerprint density at radius 2 is 1.88 bits per heavy atom.